The Morgan fingerprint density at radius 2 is 2.27 bits per heavy atom. The fraction of sp³-hybridized carbons (Fsp3) is 0.0909. The van der Waals surface area contributed by atoms with E-state index in [1.54, 1.807) is 12.3 Å². The summed E-state index contributed by atoms with van der Waals surface area (Å²) < 4.78 is 0. The molecule has 0 atom stereocenters. The Kier molecular flexibility index (Phi) is 2.56. The first-order valence-corrected chi connectivity index (χ1v) is 4.86. The van der Waals surface area contributed by atoms with Crippen molar-refractivity contribution < 1.29 is 4.79 Å². The number of amides is 1. The molecule has 2 N–H and O–H groups in total. The second kappa shape index (κ2) is 3.87. The molecule has 0 fully saturated rings. The van der Waals surface area contributed by atoms with E-state index >= 15 is 0 Å². The molecule has 0 radical (unpaired) electrons. The van der Waals surface area contributed by atoms with Crippen LogP contribution in [-0.2, 0) is 11.2 Å². The van der Waals surface area contributed by atoms with Crippen molar-refractivity contribution in [3.63, 3.8) is 0 Å². The molecule has 0 saturated heterocycles. The standard InChI is InChI=1S/C11H9ClN2O/c12-9-4-7-2-1-3-14-11(7)8(5-9)6-10(13)15/h1-5H,6H2,(H2,13,15). The Morgan fingerprint density at radius 3 is 3.00 bits per heavy atom. The number of carbonyl (C=O) groups is 1. The normalized spacial score (nSPS) is 10.5. The Balaban J connectivity index is 2.65. The molecule has 15 heavy (non-hydrogen) atoms. The van der Waals surface area contributed by atoms with Crippen LogP contribution in [0.3, 0.4) is 0 Å². The monoisotopic (exact) mass is 220 g/mol. The lowest BCUT2D eigenvalue weighted by atomic mass is 10.1. The smallest absolute Gasteiger partial charge is 0.221 e. The van der Waals surface area contributed by atoms with Crippen LogP contribution in [0.25, 0.3) is 10.9 Å². The molecule has 1 aromatic heterocycles. The van der Waals surface area contributed by atoms with Crippen LogP contribution >= 0.6 is 11.6 Å². The number of primary amides is 1. The summed E-state index contributed by atoms with van der Waals surface area (Å²) in [7, 11) is 0. The van der Waals surface area contributed by atoms with Crippen molar-refractivity contribution in [1.82, 2.24) is 4.98 Å². The SMILES string of the molecule is NC(=O)Cc1cc(Cl)cc2cccnc12. The van der Waals surface area contributed by atoms with Crippen molar-refractivity contribution >= 4 is 28.4 Å². The molecule has 1 heterocycles. The summed E-state index contributed by atoms with van der Waals surface area (Å²) in [6, 6.07) is 7.27. The molecule has 0 aliphatic carbocycles. The number of aromatic nitrogens is 1. The van der Waals surface area contributed by atoms with Crippen LogP contribution in [0.1, 0.15) is 5.56 Å². The zero-order valence-electron chi connectivity index (χ0n) is 7.90. The topological polar surface area (TPSA) is 56.0 Å². The minimum atomic E-state index is -0.385. The number of fused-ring (bicyclic) bond motifs is 1. The van der Waals surface area contributed by atoms with Gasteiger partial charge in [-0.3, -0.25) is 9.78 Å². The van der Waals surface area contributed by atoms with Gasteiger partial charge in [0.1, 0.15) is 0 Å². The van der Waals surface area contributed by atoms with E-state index < -0.39 is 0 Å². The summed E-state index contributed by atoms with van der Waals surface area (Å²) in [4.78, 5) is 15.1. The third-order valence-electron chi connectivity index (χ3n) is 2.11. The Hall–Kier alpha value is -1.61. The number of benzene rings is 1. The first-order valence-electron chi connectivity index (χ1n) is 4.48. The zero-order valence-corrected chi connectivity index (χ0v) is 8.66. The maximum Gasteiger partial charge on any atom is 0.221 e. The second-order valence-corrected chi connectivity index (χ2v) is 3.72. The van der Waals surface area contributed by atoms with E-state index in [1.807, 2.05) is 18.2 Å². The molecule has 1 amide bonds. The van der Waals surface area contributed by atoms with E-state index in [9.17, 15) is 4.79 Å². The highest BCUT2D eigenvalue weighted by Crippen LogP contribution is 2.22. The predicted molar refractivity (Wildman–Crippen MR) is 59.7 cm³/mol. The van der Waals surface area contributed by atoms with Crippen molar-refractivity contribution in [2.75, 3.05) is 0 Å². The molecule has 0 aliphatic rings. The van der Waals surface area contributed by atoms with Crippen molar-refractivity contribution in [2.24, 2.45) is 5.73 Å². The van der Waals surface area contributed by atoms with Gasteiger partial charge in [-0.15, -0.1) is 0 Å². The lowest BCUT2D eigenvalue weighted by Gasteiger charge is -2.04. The third kappa shape index (κ3) is 2.07. The number of nitrogens with zero attached hydrogens (tertiary/aromatic N) is 1. The first-order chi connectivity index (χ1) is 7.16. The number of rotatable bonds is 2. The molecule has 4 heteroatoms. The third-order valence-corrected chi connectivity index (χ3v) is 2.33. The van der Waals surface area contributed by atoms with E-state index in [4.69, 9.17) is 17.3 Å². The molecule has 0 saturated carbocycles. The average molecular weight is 221 g/mol. The van der Waals surface area contributed by atoms with Crippen molar-refractivity contribution in [3.8, 4) is 0 Å². The molecule has 1 aromatic carbocycles. The van der Waals surface area contributed by atoms with Gasteiger partial charge in [0, 0.05) is 16.6 Å². The summed E-state index contributed by atoms with van der Waals surface area (Å²) in [5.41, 5.74) is 6.70. The lowest BCUT2D eigenvalue weighted by molar-refractivity contribution is -0.117. The number of hydrogen-bond acceptors (Lipinski definition) is 2. The average Bonchev–Trinajstić information content (AvgIpc) is 2.16. The molecule has 0 bridgehead atoms. The maximum absolute atomic E-state index is 10.9. The number of halogens is 1. The van der Waals surface area contributed by atoms with Crippen LogP contribution < -0.4 is 5.73 Å². The second-order valence-electron chi connectivity index (χ2n) is 3.28. The van der Waals surface area contributed by atoms with Crippen LogP contribution in [-0.4, -0.2) is 10.9 Å². The molecule has 0 aliphatic heterocycles. The van der Waals surface area contributed by atoms with E-state index in [-0.39, 0.29) is 12.3 Å². The fourth-order valence-corrected chi connectivity index (χ4v) is 1.80. The fourth-order valence-electron chi connectivity index (χ4n) is 1.55. The van der Waals surface area contributed by atoms with E-state index in [0.717, 1.165) is 16.5 Å². The van der Waals surface area contributed by atoms with Gasteiger partial charge in [-0.05, 0) is 23.8 Å². The van der Waals surface area contributed by atoms with Gasteiger partial charge in [-0.1, -0.05) is 17.7 Å². The van der Waals surface area contributed by atoms with Gasteiger partial charge < -0.3 is 5.73 Å². The van der Waals surface area contributed by atoms with E-state index in [2.05, 4.69) is 4.98 Å². The molecule has 76 valence electrons. The molecule has 2 rings (SSSR count). The van der Waals surface area contributed by atoms with Gasteiger partial charge in [0.2, 0.25) is 5.91 Å². The quantitative estimate of drug-likeness (QED) is 0.841. The Labute approximate surface area is 91.9 Å². The summed E-state index contributed by atoms with van der Waals surface area (Å²) >= 11 is 5.93. The summed E-state index contributed by atoms with van der Waals surface area (Å²) in [6.07, 6.45) is 1.84. The Bertz CT molecular complexity index is 525. The van der Waals surface area contributed by atoms with Gasteiger partial charge in [-0.2, -0.15) is 0 Å². The van der Waals surface area contributed by atoms with Gasteiger partial charge in [0.25, 0.3) is 0 Å². The van der Waals surface area contributed by atoms with Crippen LogP contribution in [0.5, 0.6) is 0 Å². The van der Waals surface area contributed by atoms with Gasteiger partial charge in [0.15, 0.2) is 0 Å². The Morgan fingerprint density at radius 1 is 1.47 bits per heavy atom. The van der Waals surface area contributed by atoms with Gasteiger partial charge >= 0.3 is 0 Å². The molecule has 3 nitrogen and oxygen atoms in total. The van der Waals surface area contributed by atoms with Gasteiger partial charge in [0.05, 0.1) is 11.9 Å². The zero-order chi connectivity index (χ0) is 10.8. The highest BCUT2D eigenvalue weighted by atomic mass is 35.5. The largest absolute Gasteiger partial charge is 0.369 e. The molecule has 0 unspecified atom stereocenters. The van der Waals surface area contributed by atoms with Crippen LogP contribution in [0.15, 0.2) is 30.5 Å². The maximum atomic E-state index is 10.9. The summed E-state index contributed by atoms with van der Waals surface area (Å²) in [5.74, 6) is -0.385. The van der Waals surface area contributed by atoms with Gasteiger partial charge in [-0.25, -0.2) is 0 Å². The minimum Gasteiger partial charge on any atom is -0.369 e. The van der Waals surface area contributed by atoms with Crippen molar-refractivity contribution in [3.05, 3.63) is 41.0 Å². The van der Waals surface area contributed by atoms with E-state index in [0.29, 0.717) is 5.02 Å². The molecule has 0 spiro atoms. The molecular formula is C11H9ClN2O. The highest BCUT2D eigenvalue weighted by Gasteiger charge is 2.06. The molecule has 2 aromatic rings. The highest BCUT2D eigenvalue weighted by molar-refractivity contribution is 6.31. The number of pyridine rings is 1. The molecular weight excluding hydrogens is 212 g/mol. The number of hydrogen-bond donors (Lipinski definition) is 1. The summed E-state index contributed by atoms with van der Waals surface area (Å²) in [6.45, 7) is 0. The predicted octanol–water partition coefficient (Wildman–Crippen LogP) is 1.92. The van der Waals surface area contributed by atoms with E-state index in [1.165, 1.54) is 0 Å². The number of carbonyl (C=O) groups excluding carboxylic acids is 1. The van der Waals surface area contributed by atoms with Crippen LogP contribution in [0.2, 0.25) is 5.02 Å². The van der Waals surface area contributed by atoms with Crippen molar-refractivity contribution in [1.29, 1.82) is 0 Å². The lowest BCUT2D eigenvalue weighted by Crippen LogP contribution is -2.14. The summed E-state index contributed by atoms with van der Waals surface area (Å²) in [5, 5.41) is 1.51. The van der Waals surface area contributed by atoms with Crippen LogP contribution in [0.4, 0.5) is 0 Å². The van der Waals surface area contributed by atoms with Crippen molar-refractivity contribution in [2.45, 2.75) is 6.42 Å². The minimum absolute atomic E-state index is 0.161. The first kappa shape index (κ1) is 9.93. The van der Waals surface area contributed by atoms with Crippen LogP contribution in [0, 0.1) is 0 Å². The number of nitrogens with two attached hydrogens (primary N) is 1.